The predicted molar refractivity (Wildman–Crippen MR) is 107 cm³/mol. The minimum absolute atomic E-state index is 0.147. The summed E-state index contributed by atoms with van der Waals surface area (Å²) in [6.45, 7) is 1.72. The van der Waals surface area contributed by atoms with E-state index in [0.717, 1.165) is 3.57 Å². The molecule has 0 unspecified atom stereocenters. The SMILES string of the molecule is CCC(=O)Oc1cccc(/C=C2\N=C(c3cc(I)ccc3Cl)OC2=O)c1. The summed E-state index contributed by atoms with van der Waals surface area (Å²) in [4.78, 5) is 27.8. The number of cyclic esters (lactones) is 1. The summed E-state index contributed by atoms with van der Waals surface area (Å²) < 4.78 is 11.4. The third-order valence-electron chi connectivity index (χ3n) is 3.46. The molecule has 1 aliphatic heterocycles. The summed E-state index contributed by atoms with van der Waals surface area (Å²) in [6, 6.07) is 12.2. The number of nitrogens with zero attached hydrogens (tertiary/aromatic N) is 1. The van der Waals surface area contributed by atoms with Gasteiger partial charge in [-0.3, -0.25) is 4.79 Å². The lowest BCUT2D eigenvalue weighted by molar-refractivity contribution is -0.134. The van der Waals surface area contributed by atoms with Crippen LogP contribution in [0, 0.1) is 3.57 Å². The second-order valence-electron chi connectivity index (χ2n) is 5.36. The highest BCUT2D eigenvalue weighted by atomic mass is 127. The van der Waals surface area contributed by atoms with Crippen molar-refractivity contribution in [1.82, 2.24) is 0 Å². The van der Waals surface area contributed by atoms with Crippen molar-refractivity contribution in [3.05, 3.63) is 67.9 Å². The van der Waals surface area contributed by atoms with Gasteiger partial charge in [-0.2, -0.15) is 0 Å². The number of aliphatic imine (C=N–C) groups is 1. The lowest BCUT2D eigenvalue weighted by atomic mass is 10.2. The molecule has 132 valence electrons. The molecule has 0 amide bonds. The quantitative estimate of drug-likeness (QED) is 0.277. The van der Waals surface area contributed by atoms with E-state index in [0.29, 0.717) is 21.9 Å². The zero-order valence-corrected chi connectivity index (χ0v) is 16.6. The van der Waals surface area contributed by atoms with Gasteiger partial charge in [-0.25, -0.2) is 9.79 Å². The topological polar surface area (TPSA) is 65.0 Å². The van der Waals surface area contributed by atoms with Crippen LogP contribution in [-0.4, -0.2) is 17.8 Å². The van der Waals surface area contributed by atoms with Gasteiger partial charge < -0.3 is 9.47 Å². The lowest BCUT2D eigenvalue weighted by Crippen LogP contribution is -2.06. The van der Waals surface area contributed by atoms with Crippen molar-refractivity contribution in [2.24, 2.45) is 4.99 Å². The molecular formula is C19H13ClINO4. The average Bonchev–Trinajstić information content (AvgIpc) is 2.97. The van der Waals surface area contributed by atoms with Crippen LogP contribution in [0.3, 0.4) is 0 Å². The molecule has 5 nitrogen and oxygen atoms in total. The summed E-state index contributed by atoms with van der Waals surface area (Å²) in [7, 11) is 0. The molecule has 2 aromatic carbocycles. The largest absolute Gasteiger partial charge is 0.427 e. The molecule has 0 aliphatic carbocycles. The van der Waals surface area contributed by atoms with E-state index in [1.165, 1.54) is 0 Å². The lowest BCUT2D eigenvalue weighted by Gasteiger charge is -2.03. The normalized spacial score (nSPS) is 15.0. The minimum Gasteiger partial charge on any atom is -0.427 e. The number of carbonyl (C=O) groups excluding carboxylic acids is 2. The van der Waals surface area contributed by atoms with E-state index in [1.807, 2.05) is 6.07 Å². The van der Waals surface area contributed by atoms with Gasteiger partial charge in [0.05, 0.1) is 10.6 Å². The number of halogens is 2. The fourth-order valence-corrected chi connectivity index (χ4v) is 2.90. The molecule has 3 rings (SSSR count). The number of hydrogen-bond donors (Lipinski definition) is 0. The average molecular weight is 482 g/mol. The first-order valence-corrected chi connectivity index (χ1v) is 9.20. The van der Waals surface area contributed by atoms with Crippen molar-refractivity contribution < 1.29 is 19.1 Å². The van der Waals surface area contributed by atoms with Gasteiger partial charge in [0.25, 0.3) is 0 Å². The van der Waals surface area contributed by atoms with Gasteiger partial charge in [0, 0.05) is 9.99 Å². The van der Waals surface area contributed by atoms with Crippen molar-refractivity contribution in [1.29, 1.82) is 0 Å². The number of hydrogen-bond acceptors (Lipinski definition) is 5. The van der Waals surface area contributed by atoms with Crippen LogP contribution >= 0.6 is 34.2 Å². The number of esters is 2. The maximum atomic E-state index is 12.1. The van der Waals surface area contributed by atoms with Gasteiger partial charge in [-0.15, -0.1) is 0 Å². The first-order chi connectivity index (χ1) is 12.5. The van der Waals surface area contributed by atoms with E-state index in [4.69, 9.17) is 21.1 Å². The third kappa shape index (κ3) is 4.31. The molecular weight excluding hydrogens is 469 g/mol. The van der Waals surface area contributed by atoms with E-state index < -0.39 is 5.97 Å². The third-order valence-corrected chi connectivity index (χ3v) is 4.46. The molecule has 0 bridgehead atoms. The number of carbonyl (C=O) groups is 2. The Hall–Kier alpha value is -2.19. The fraction of sp³-hybridized carbons (Fsp3) is 0.105. The molecule has 2 aromatic rings. The Bertz CT molecular complexity index is 952. The number of ether oxygens (including phenoxy) is 2. The minimum atomic E-state index is -0.564. The van der Waals surface area contributed by atoms with Crippen LogP contribution < -0.4 is 4.74 Å². The highest BCUT2D eigenvalue weighted by molar-refractivity contribution is 14.1. The Morgan fingerprint density at radius 3 is 2.88 bits per heavy atom. The molecule has 0 saturated heterocycles. The molecule has 1 heterocycles. The fourth-order valence-electron chi connectivity index (χ4n) is 2.22. The van der Waals surface area contributed by atoms with Gasteiger partial charge in [0.15, 0.2) is 5.70 Å². The molecule has 26 heavy (non-hydrogen) atoms. The van der Waals surface area contributed by atoms with E-state index in [1.54, 1.807) is 49.4 Å². The van der Waals surface area contributed by atoms with Crippen molar-refractivity contribution in [2.45, 2.75) is 13.3 Å². The molecule has 1 aliphatic rings. The Morgan fingerprint density at radius 2 is 2.12 bits per heavy atom. The van der Waals surface area contributed by atoms with E-state index in [9.17, 15) is 9.59 Å². The Labute approximate surface area is 168 Å². The maximum absolute atomic E-state index is 12.1. The molecule has 0 fully saturated rings. The van der Waals surface area contributed by atoms with Crippen LogP contribution in [0.2, 0.25) is 5.02 Å². The Kier molecular flexibility index (Phi) is 5.73. The van der Waals surface area contributed by atoms with Gasteiger partial charge in [-0.1, -0.05) is 30.7 Å². The second-order valence-corrected chi connectivity index (χ2v) is 7.01. The van der Waals surface area contributed by atoms with Gasteiger partial charge in [-0.05, 0) is 64.6 Å². The zero-order chi connectivity index (χ0) is 18.7. The molecule has 0 atom stereocenters. The van der Waals surface area contributed by atoms with Crippen molar-refractivity contribution >= 4 is 58.1 Å². The van der Waals surface area contributed by atoms with Gasteiger partial charge in [0.2, 0.25) is 5.90 Å². The molecule has 0 aromatic heterocycles. The summed E-state index contributed by atoms with van der Waals surface area (Å²) in [5, 5.41) is 0.451. The summed E-state index contributed by atoms with van der Waals surface area (Å²) in [5.41, 5.74) is 1.37. The van der Waals surface area contributed by atoms with Crippen LogP contribution in [-0.2, 0) is 14.3 Å². The molecule has 0 spiro atoms. The predicted octanol–water partition coefficient (Wildman–Crippen LogP) is 4.60. The van der Waals surface area contributed by atoms with E-state index in [2.05, 4.69) is 27.6 Å². The number of rotatable bonds is 4. The maximum Gasteiger partial charge on any atom is 0.363 e. The standard InChI is InChI=1S/C19H13ClINO4/c1-2-17(23)25-13-5-3-4-11(8-13)9-16-19(24)26-18(22-16)14-10-12(21)6-7-15(14)20/h3-10H,2H2,1H3/b16-9-. The van der Waals surface area contributed by atoms with Crippen molar-refractivity contribution in [3.8, 4) is 5.75 Å². The van der Waals surface area contributed by atoms with E-state index >= 15 is 0 Å². The smallest absolute Gasteiger partial charge is 0.363 e. The van der Waals surface area contributed by atoms with Gasteiger partial charge >= 0.3 is 11.9 Å². The highest BCUT2D eigenvalue weighted by Crippen LogP contribution is 2.26. The number of benzene rings is 2. The van der Waals surface area contributed by atoms with Crippen LogP contribution in [0.4, 0.5) is 0 Å². The van der Waals surface area contributed by atoms with Crippen LogP contribution in [0.5, 0.6) is 5.75 Å². The molecule has 0 N–H and O–H groups in total. The second kappa shape index (κ2) is 8.01. The highest BCUT2D eigenvalue weighted by Gasteiger charge is 2.25. The molecule has 0 saturated carbocycles. The zero-order valence-electron chi connectivity index (χ0n) is 13.7. The van der Waals surface area contributed by atoms with Crippen molar-refractivity contribution in [3.63, 3.8) is 0 Å². The Balaban J connectivity index is 1.90. The van der Waals surface area contributed by atoms with Crippen molar-refractivity contribution in [2.75, 3.05) is 0 Å². The monoisotopic (exact) mass is 481 g/mol. The summed E-state index contributed by atoms with van der Waals surface area (Å²) >= 11 is 8.32. The first kappa shape index (κ1) is 18.6. The Morgan fingerprint density at radius 1 is 1.31 bits per heavy atom. The van der Waals surface area contributed by atoms with Crippen LogP contribution in [0.1, 0.15) is 24.5 Å². The first-order valence-electron chi connectivity index (χ1n) is 7.75. The van der Waals surface area contributed by atoms with Gasteiger partial charge in [0.1, 0.15) is 5.75 Å². The molecule has 7 heteroatoms. The van der Waals surface area contributed by atoms with Crippen LogP contribution in [0.25, 0.3) is 6.08 Å². The van der Waals surface area contributed by atoms with Crippen LogP contribution in [0.15, 0.2) is 53.2 Å². The summed E-state index contributed by atoms with van der Waals surface area (Å²) in [5.74, 6) is -0.324. The molecule has 0 radical (unpaired) electrons. The summed E-state index contributed by atoms with van der Waals surface area (Å²) in [6.07, 6.45) is 1.85. The van der Waals surface area contributed by atoms with E-state index in [-0.39, 0.29) is 24.0 Å².